The minimum Gasteiger partial charge on any atom is -0.469 e. The van der Waals surface area contributed by atoms with E-state index in [1.807, 2.05) is 18.2 Å². The van der Waals surface area contributed by atoms with E-state index in [9.17, 15) is 13.6 Å². The lowest BCUT2D eigenvalue weighted by Gasteiger charge is -1.99. The number of esters is 1. The van der Waals surface area contributed by atoms with Crippen LogP contribution in [0.2, 0.25) is 20.1 Å². The lowest BCUT2D eigenvalue weighted by Crippen LogP contribution is -2.13. The van der Waals surface area contributed by atoms with Crippen LogP contribution < -0.4 is 17.2 Å². The van der Waals surface area contributed by atoms with E-state index in [0.717, 1.165) is 17.3 Å². The van der Waals surface area contributed by atoms with Crippen molar-refractivity contribution in [1.29, 1.82) is 21.6 Å². The van der Waals surface area contributed by atoms with Gasteiger partial charge in [-0.05, 0) is 24.3 Å². The molecule has 0 aliphatic carbocycles. The molecule has 0 atom stereocenters. The summed E-state index contributed by atoms with van der Waals surface area (Å²) in [6, 6.07) is 13.4. The highest BCUT2D eigenvalue weighted by Crippen LogP contribution is 2.17. The predicted octanol–water partition coefficient (Wildman–Crippen LogP) is 6.49. The molecule has 0 unspecified atom stereocenters. The first-order valence-electron chi connectivity index (χ1n) is 16.2. The third-order valence-corrected chi connectivity index (χ3v) is 7.44. The molecule has 0 amide bonds. The first-order chi connectivity index (χ1) is 27.5. The van der Waals surface area contributed by atoms with Gasteiger partial charge in [-0.25, -0.2) is 8.78 Å². The Labute approximate surface area is 353 Å². The van der Waals surface area contributed by atoms with Crippen molar-refractivity contribution in [2.45, 2.75) is 6.42 Å². The lowest BCUT2D eigenvalue weighted by atomic mass is 10.2. The van der Waals surface area contributed by atoms with E-state index in [2.05, 4.69) is 34.7 Å². The van der Waals surface area contributed by atoms with E-state index >= 15 is 0 Å². The van der Waals surface area contributed by atoms with Crippen molar-refractivity contribution in [3.05, 3.63) is 127 Å². The van der Waals surface area contributed by atoms with Gasteiger partial charge in [-0.2, -0.15) is 0 Å². The topological polar surface area (TPSA) is 275 Å². The largest absolute Gasteiger partial charge is 0.469 e. The van der Waals surface area contributed by atoms with Gasteiger partial charge in [0.1, 0.15) is 23.3 Å². The van der Waals surface area contributed by atoms with Crippen LogP contribution in [-0.4, -0.2) is 97.3 Å². The number of carbonyl (C=O) groups is 1. The van der Waals surface area contributed by atoms with Crippen molar-refractivity contribution in [2.75, 3.05) is 33.3 Å². The van der Waals surface area contributed by atoms with Crippen LogP contribution in [0.1, 0.15) is 28.7 Å². The molecule has 0 radical (unpaired) electrons. The molecule has 15 nitrogen and oxygen atoms in total. The molecule has 2 aromatic heterocycles. The maximum Gasteiger partial charge on any atom is 0.311 e. The molecule has 0 saturated carbocycles. The summed E-state index contributed by atoms with van der Waals surface area (Å²) >= 11 is 23.1. The van der Waals surface area contributed by atoms with Gasteiger partial charge in [0.05, 0.1) is 61.0 Å². The van der Waals surface area contributed by atoms with Gasteiger partial charge in [0.2, 0.25) is 0 Å². The van der Waals surface area contributed by atoms with Crippen molar-refractivity contribution >= 4 is 100 Å². The number of carbonyl (C=O) groups excluding carboxylic acids is 1. The summed E-state index contributed by atoms with van der Waals surface area (Å²) in [5, 5.41) is 29.8. The zero-order chi connectivity index (χ0) is 43.5. The number of aromatic nitrogens is 2. The Kier molecular flexibility index (Phi) is 24.5. The maximum atomic E-state index is 13.1. The fourth-order valence-corrected chi connectivity index (χ4v) is 4.28. The van der Waals surface area contributed by atoms with Gasteiger partial charge in [0, 0.05) is 76.4 Å². The molecule has 2 heterocycles. The summed E-state index contributed by atoms with van der Waals surface area (Å²) in [6.07, 6.45) is 11.2. The fourth-order valence-electron chi connectivity index (χ4n) is 3.52. The van der Waals surface area contributed by atoms with Gasteiger partial charge in [0.25, 0.3) is 0 Å². The van der Waals surface area contributed by atoms with E-state index in [-0.39, 0.29) is 77.0 Å². The summed E-state index contributed by atoms with van der Waals surface area (Å²) in [4.78, 5) is 33.7. The summed E-state index contributed by atoms with van der Waals surface area (Å²) < 4.78 is 30.6. The van der Waals surface area contributed by atoms with Crippen LogP contribution in [0.4, 0.5) is 8.78 Å². The summed E-state index contributed by atoms with van der Waals surface area (Å²) in [6.45, 7) is 0.432. The summed E-state index contributed by atoms with van der Waals surface area (Å²) in [7, 11) is 1.29. The number of nitrogens with zero attached hydrogens (tertiary/aromatic N) is 6. The average molecular weight is 878 g/mol. The Balaban J connectivity index is 0.000000389. The van der Waals surface area contributed by atoms with Gasteiger partial charge in [-0.15, -0.1) is 0 Å². The van der Waals surface area contributed by atoms with Crippen LogP contribution in [0.5, 0.6) is 0 Å². The zero-order valence-electron chi connectivity index (χ0n) is 30.8. The second-order valence-corrected chi connectivity index (χ2v) is 12.5. The number of amidine groups is 3. The number of hydrogen-bond acceptors (Lipinski definition) is 12. The van der Waals surface area contributed by atoms with Crippen molar-refractivity contribution in [1.82, 2.24) is 9.97 Å². The van der Waals surface area contributed by atoms with Crippen molar-refractivity contribution in [3.63, 3.8) is 0 Å². The van der Waals surface area contributed by atoms with Gasteiger partial charge in [-0.3, -0.25) is 51.0 Å². The third-order valence-electron chi connectivity index (χ3n) is 6.15. The van der Waals surface area contributed by atoms with Crippen molar-refractivity contribution < 1.29 is 18.3 Å². The van der Waals surface area contributed by atoms with Crippen LogP contribution >= 0.6 is 46.4 Å². The second-order valence-electron chi connectivity index (χ2n) is 10.9. The molecule has 0 spiro atoms. The Morgan fingerprint density at radius 3 is 1.66 bits per heavy atom. The molecule has 0 aliphatic heterocycles. The van der Waals surface area contributed by atoms with Crippen LogP contribution in [0.3, 0.4) is 0 Å². The Bertz CT molecular complexity index is 2020. The minimum atomic E-state index is -0.551. The van der Waals surface area contributed by atoms with E-state index < -0.39 is 17.6 Å². The number of pyridine rings is 2. The monoisotopic (exact) mass is 875 g/mol. The fraction of sp³-hybridized carbons (Fsp3) is 0.162. The number of rotatable bonds is 14. The van der Waals surface area contributed by atoms with Crippen LogP contribution in [0.15, 0.2) is 93.3 Å². The number of methoxy groups -OCH3 is 1. The average Bonchev–Trinajstić information content (AvgIpc) is 3.16. The Morgan fingerprint density at radius 2 is 1.14 bits per heavy atom. The molecule has 4 aromatic rings. The van der Waals surface area contributed by atoms with E-state index in [1.54, 1.807) is 36.8 Å². The van der Waals surface area contributed by atoms with Gasteiger partial charge in [0.15, 0.2) is 5.82 Å². The van der Waals surface area contributed by atoms with Crippen LogP contribution in [0.25, 0.3) is 0 Å². The van der Waals surface area contributed by atoms with E-state index in [4.69, 9.17) is 85.2 Å². The molecule has 0 bridgehead atoms. The highest BCUT2D eigenvalue weighted by molar-refractivity contribution is 6.34. The van der Waals surface area contributed by atoms with Crippen molar-refractivity contribution in [3.8, 4) is 0 Å². The van der Waals surface area contributed by atoms with E-state index in [1.165, 1.54) is 44.1 Å². The molecule has 306 valence electrons. The number of ether oxygens (including phenoxy) is 1. The lowest BCUT2D eigenvalue weighted by molar-refractivity contribution is -0.139. The third kappa shape index (κ3) is 21.9. The van der Waals surface area contributed by atoms with E-state index in [0.29, 0.717) is 10.0 Å². The zero-order valence-corrected chi connectivity index (χ0v) is 33.8. The van der Waals surface area contributed by atoms with Gasteiger partial charge in [-0.1, -0.05) is 70.7 Å². The highest BCUT2D eigenvalue weighted by atomic mass is 35.5. The molecule has 4 rings (SSSR count). The predicted molar refractivity (Wildman–Crippen MR) is 231 cm³/mol. The van der Waals surface area contributed by atoms with Crippen LogP contribution in [0, 0.1) is 33.3 Å². The Hall–Kier alpha value is -6.01. The molecular weight excluding hydrogens is 838 g/mol. The SMILES string of the molecule is COC(=O)CC(=N)CN=Cc1ccccc1Cl.N=C(N)CN=Cc1c(F)cccc1Cl.N=C(N)CN=Cc1c(F)cncc1Cl.N=C(N)CN=Cc1ccncc1Cl. The van der Waals surface area contributed by atoms with Crippen molar-refractivity contribution in [2.24, 2.45) is 37.2 Å². The Morgan fingerprint density at radius 1 is 0.638 bits per heavy atom. The number of hydrogen-bond donors (Lipinski definition) is 7. The first-order valence-corrected chi connectivity index (χ1v) is 17.7. The highest BCUT2D eigenvalue weighted by Gasteiger charge is 2.06. The molecule has 2 aromatic carbocycles. The molecule has 0 saturated heterocycles. The smallest absolute Gasteiger partial charge is 0.311 e. The molecular formula is C37H39Cl4F2N13O2. The molecule has 58 heavy (non-hydrogen) atoms. The van der Waals surface area contributed by atoms with Gasteiger partial charge < -0.3 is 27.3 Å². The minimum absolute atomic E-state index is 0.0259. The number of benzene rings is 2. The maximum absolute atomic E-state index is 13.1. The standard InChI is InChI=1S/C12H13ClN2O2.C9H9ClFN3.C8H8ClFN4.C8H9ClN4/c1-17-12(16)6-10(14)8-15-7-9-4-2-3-5-11(9)13;10-7-2-1-3-8(11)6(7)4-14-5-9(12)13;9-6-2-14-3-7(10)5(6)1-13-4-8(11)12;9-7-4-12-2-1-6(7)3-13-5-8(10)11/h2-5,7,14H,6,8H2,1H3;1-4H,5H2,(H3,12,13);1-3H,4H2,(H3,11,12);1-4H,5H2,(H3,10,11). The molecule has 0 aliphatic rings. The number of nitrogens with one attached hydrogen (secondary N) is 4. The molecule has 21 heteroatoms. The number of aliphatic imine (C=N–C) groups is 4. The summed E-state index contributed by atoms with van der Waals surface area (Å²) in [5.74, 6) is -1.56. The normalized spacial score (nSPS) is 10.6. The van der Waals surface area contributed by atoms with Gasteiger partial charge >= 0.3 is 5.97 Å². The summed E-state index contributed by atoms with van der Waals surface area (Å²) in [5.41, 5.74) is 17.4. The quantitative estimate of drug-likeness (QED) is 0.0419. The van der Waals surface area contributed by atoms with Crippen LogP contribution in [-0.2, 0) is 9.53 Å². The molecule has 0 fully saturated rings. The second kappa shape index (κ2) is 28.4. The number of nitrogens with two attached hydrogens (primary N) is 3. The molecule has 10 N–H and O–H groups in total. The first kappa shape index (κ1) is 50.0. The number of halogens is 6.